The largest absolute Gasteiger partial charge is 0.309 e. The van der Waals surface area contributed by atoms with E-state index in [0.29, 0.717) is 0 Å². The Labute approximate surface area is 338 Å². The van der Waals surface area contributed by atoms with Crippen molar-refractivity contribution >= 4 is 60.4 Å². The smallest absolute Gasteiger partial charge is 0.0562 e. The fourth-order valence-corrected chi connectivity index (χ4v) is 8.77. The Morgan fingerprint density at radius 1 is 0.310 bits per heavy atom. The highest BCUT2D eigenvalue weighted by molar-refractivity contribution is 6.17. The number of rotatable bonds is 7. The van der Waals surface area contributed by atoms with Crippen molar-refractivity contribution in [2.75, 3.05) is 4.90 Å². The number of anilines is 3. The molecule has 2 heteroatoms. The van der Waals surface area contributed by atoms with Crippen LogP contribution in [0.15, 0.2) is 231 Å². The van der Waals surface area contributed by atoms with Crippen LogP contribution in [0.4, 0.5) is 17.1 Å². The van der Waals surface area contributed by atoms with Crippen LogP contribution in [0.2, 0.25) is 0 Å². The van der Waals surface area contributed by atoms with Crippen LogP contribution >= 0.6 is 0 Å². The molecule has 0 bridgehead atoms. The minimum absolute atomic E-state index is 1.10. The molecule has 0 saturated heterocycles. The third-order valence-corrected chi connectivity index (χ3v) is 11.5. The lowest BCUT2D eigenvalue weighted by Crippen LogP contribution is -2.11. The molecule has 0 fully saturated rings. The van der Waals surface area contributed by atoms with Gasteiger partial charge in [-0.25, -0.2) is 0 Å². The molecule has 0 amide bonds. The molecular weight excluding hydrogens is 701 g/mol. The number of fused-ring (bicyclic) bond motifs is 5. The van der Waals surface area contributed by atoms with Crippen molar-refractivity contribution in [2.24, 2.45) is 0 Å². The van der Waals surface area contributed by atoms with Crippen LogP contribution < -0.4 is 4.90 Å². The Balaban J connectivity index is 1.12. The van der Waals surface area contributed by atoms with E-state index in [-0.39, 0.29) is 0 Å². The average molecular weight is 739 g/mol. The second-order valence-electron chi connectivity index (χ2n) is 15.0. The lowest BCUT2D eigenvalue weighted by atomic mass is 9.96. The van der Waals surface area contributed by atoms with E-state index in [0.717, 1.165) is 22.7 Å². The molecule has 0 unspecified atom stereocenters. The quantitative estimate of drug-likeness (QED) is 0.158. The number of benzene rings is 10. The van der Waals surface area contributed by atoms with Gasteiger partial charge in [-0.05, 0) is 116 Å². The van der Waals surface area contributed by atoms with Crippen molar-refractivity contribution in [3.8, 4) is 39.1 Å². The Morgan fingerprint density at radius 3 is 1.53 bits per heavy atom. The Hall–Kier alpha value is -7.68. The third kappa shape index (κ3) is 5.82. The highest BCUT2D eigenvalue weighted by Crippen LogP contribution is 2.47. The molecule has 58 heavy (non-hydrogen) atoms. The molecule has 10 aromatic carbocycles. The molecule has 0 aliphatic carbocycles. The second kappa shape index (κ2) is 14.1. The third-order valence-electron chi connectivity index (χ3n) is 11.5. The zero-order valence-electron chi connectivity index (χ0n) is 31.8. The number of para-hydroxylation sites is 3. The summed E-state index contributed by atoms with van der Waals surface area (Å²) in [7, 11) is 0. The van der Waals surface area contributed by atoms with Gasteiger partial charge in [-0.1, -0.05) is 164 Å². The van der Waals surface area contributed by atoms with Crippen LogP contribution in [0, 0.1) is 0 Å². The first-order chi connectivity index (χ1) is 28.8. The molecule has 272 valence electrons. The zero-order valence-corrected chi connectivity index (χ0v) is 31.8. The van der Waals surface area contributed by atoms with E-state index in [1.54, 1.807) is 0 Å². The van der Waals surface area contributed by atoms with Gasteiger partial charge in [-0.15, -0.1) is 0 Å². The van der Waals surface area contributed by atoms with Gasteiger partial charge in [0.2, 0.25) is 0 Å². The highest BCUT2D eigenvalue weighted by atomic mass is 15.2. The maximum atomic E-state index is 2.47. The highest BCUT2D eigenvalue weighted by Gasteiger charge is 2.23. The molecule has 0 saturated carbocycles. The molecule has 1 aromatic heterocycles. The standard InChI is InChI=1S/C56H38N2/c1-4-15-39(16-5-1)43-30-27-40-28-31-44(36-46(40)35-43)45-32-29-41-33-34-49(38-47(41)37-45)58(52-23-12-10-21-50(52)42-17-6-2-7-18-42)55-26-14-25-54-56(55)51-22-11-13-24-53(51)57(54)48-19-8-3-9-20-48/h1-38H. The summed E-state index contributed by atoms with van der Waals surface area (Å²) in [5.74, 6) is 0. The van der Waals surface area contributed by atoms with Gasteiger partial charge in [0.1, 0.15) is 0 Å². The lowest BCUT2D eigenvalue weighted by molar-refractivity contribution is 1.18. The van der Waals surface area contributed by atoms with Gasteiger partial charge >= 0.3 is 0 Å². The van der Waals surface area contributed by atoms with Crippen LogP contribution in [-0.2, 0) is 0 Å². The first-order valence-corrected chi connectivity index (χ1v) is 19.9. The van der Waals surface area contributed by atoms with Crippen molar-refractivity contribution in [1.29, 1.82) is 0 Å². The first-order valence-electron chi connectivity index (χ1n) is 19.9. The first kappa shape index (κ1) is 33.6. The van der Waals surface area contributed by atoms with Gasteiger partial charge < -0.3 is 9.47 Å². The van der Waals surface area contributed by atoms with Crippen molar-refractivity contribution in [1.82, 2.24) is 4.57 Å². The topological polar surface area (TPSA) is 8.17 Å². The van der Waals surface area contributed by atoms with Gasteiger partial charge in [0.05, 0.1) is 22.4 Å². The van der Waals surface area contributed by atoms with E-state index in [4.69, 9.17) is 0 Å². The fraction of sp³-hybridized carbons (Fsp3) is 0. The average Bonchev–Trinajstić information content (AvgIpc) is 3.64. The molecule has 11 aromatic rings. The van der Waals surface area contributed by atoms with Gasteiger partial charge in [-0.2, -0.15) is 0 Å². The fourth-order valence-electron chi connectivity index (χ4n) is 8.77. The Kier molecular flexibility index (Phi) is 8.19. The van der Waals surface area contributed by atoms with E-state index >= 15 is 0 Å². The Morgan fingerprint density at radius 2 is 0.828 bits per heavy atom. The monoisotopic (exact) mass is 738 g/mol. The number of hydrogen-bond acceptors (Lipinski definition) is 1. The lowest BCUT2D eigenvalue weighted by Gasteiger charge is -2.29. The summed E-state index contributed by atoms with van der Waals surface area (Å²) >= 11 is 0. The van der Waals surface area contributed by atoms with E-state index < -0.39 is 0 Å². The molecular formula is C56H38N2. The number of aromatic nitrogens is 1. The molecule has 0 spiro atoms. The predicted molar refractivity (Wildman–Crippen MR) is 247 cm³/mol. The maximum absolute atomic E-state index is 2.47. The van der Waals surface area contributed by atoms with Crippen LogP contribution in [0.5, 0.6) is 0 Å². The van der Waals surface area contributed by atoms with Gasteiger partial charge in [-0.3, -0.25) is 0 Å². The van der Waals surface area contributed by atoms with Crippen molar-refractivity contribution in [2.45, 2.75) is 0 Å². The molecule has 0 atom stereocenters. The SMILES string of the molecule is c1ccc(-c2ccc3ccc(-c4ccc5ccc(N(c6ccccc6-c6ccccc6)c6cccc7c6c6ccccc6n7-c6ccccc6)cc5c4)cc3c2)cc1. The van der Waals surface area contributed by atoms with Crippen molar-refractivity contribution in [3.05, 3.63) is 231 Å². The van der Waals surface area contributed by atoms with E-state index in [1.165, 1.54) is 76.7 Å². The Bertz CT molecular complexity index is 3270. The molecule has 1 heterocycles. The van der Waals surface area contributed by atoms with Crippen LogP contribution in [0.3, 0.4) is 0 Å². The summed E-state index contributed by atoms with van der Waals surface area (Å²) in [5, 5.41) is 7.30. The number of hydrogen-bond donors (Lipinski definition) is 0. The summed E-state index contributed by atoms with van der Waals surface area (Å²) < 4.78 is 2.40. The summed E-state index contributed by atoms with van der Waals surface area (Å²) in [6, 6.07) is 83.8. The summed E-state index contributed by atoms with van der Waals surface area (Å²) in [6.45, 7) is 0. The molecule has 0 aliphatic heterocycles. The zero-order chi connectivity index (χ0) is 38.4. The van der Waals surface area contributed by atoms with Gasteiger partial charge in [0.15, 0.2) is 0 Å². The summed E-state index contributed by atoms with van der Waals surface area (Å²) in [6.07, 6.45) is 0. The second-order valence-corrected chi connectivity index (χ2v) is 15.0. The summed E-state index contributed by atoms with van der Waals surface area (Å²) in [5.41, 5.74) is 14.1. The number of nitrogens with zero attached hydrogens (tertiary/aromatic N) is 2. The van der Waals surface area contributed by atoms with Gasteiger partial charge in [0.25, 0.3) is 0 Å². The summed E-state index contributed by atoms with van der Waals surface area (Å²) in [4.78, 5) is 2.47. The minimum atomic E-state index is 1.10. The molecule has 0 N–H and O–H groups in total. The van der Waals surface area contributed by atoms with E-state index in [2.05, 4.69) is 240 Å². The van der Waals surface area contributed by atoms with Crippen LogP contribution in [-0.4, -0.2) is 4.57 Å². The van der Waals surface area contributed by atoms with Gasteiger partial charge in [0, 0.05) is 27.7 Å². The van der Waals surface area contributed by atoms with Crippen molar-refractivity contribution < 1.29 is 0 Å². The minimum Gasteiger partial charge on any atom is -0.309 e. The van der Waals surface area contributed by atoms with Crippen LogP contribution in [0.25, 0.3) is 82.4 Å². The van der Waals surface area contributed by atoms with Crippen LogP contribution in [0.1, 0.15) is 0 Å². The molecule has 0 aliphatic rings. The normalized spacial score (nSPS) is 11.4. The maximum Gasteiger partial charge on any atom is 0.0562 e. The van der Waals surface area contributed by atoms with Crippen molar-refractivity contribution in [3.63, 3.8) is 0 Å². The predicted octanol–water partition coefficient (Wildman–Crippen LogP) is 15.6. The molecule has 0 radical (unpaired) electrons. The van der Waals surface area contributed by atoms with E-state index in [9.17, 15) is 0 Å². The molecule has 11 rings (SSSR count). The molecule has 2 nitrogen and oxygen atoms in total. The van der Waals surface area contributed by atoms with E-state index in [1.807, 2.05) is 0 Å².